The van der Waals surface area contributed by atoms with Gasteiger partial charge in [0.1, 0.15) is 36.2 Å². The number of ether oxygens (including phenoxy) is 3. The number of carbonyl (C=O) groups is 2. The molecular weight excluding hydrogens is 480 g/mol. The van der Waals surface area contributed by atoms with Crippen LogP contribution in [0.5, 0.6) is 17.2 Å². The van der Waals surface area contributed by atoms with Crippen LogP contribution in [-0.2, 0) is 9.59 Å². The fraction of sp³-hybridized carbons (Fsp3) is 0.259. The fourth-order valence-electron chi connectivity index (χ4n) is 4.44. The van der Waals surface area contributed by atoms with Gasteiger partial charge in [-0.05, 0) is 53.9 Å². The molecule has 3 heterocycles. The molecular formula is C27H26N2O6S. The second kappa shape index (κ2) is 9.94. The van der Waals surface area contributed by atoms with Crippen LogP contribution < -0.4 is 19.1 Å². The normalized spacial score (nSPS) is 18.7. The van der Waals surface area contributed by atoms with Gasteiger partial charge in [0.15, 0.2) is 0 Å². The molecule has 1 atom stereocenters. The Labute approximate surface area is 212 Å². The summed E-state index contributed by atoms with van der Waals surface area (Å²) < 4.78 is 16.7. The highest BCUT2D eigenvalue weighted by molar-refractivity contribution is 7.10. The number of likely N-dealkylation sites (tertiary alicyclic amines) is 1. The SMILES string of the molecule is COc1ccc(OCCN2C(=O)C(=O)/C(=C(\O)c3ccc4c(c3)N(C)CCO4)C2c2cccs2)cc1. The maximum Gasteiger partial charge on any atom is 0.295 e. The van der Waals surface area contributed by atoms with Gasteiger partial charge >= 0.3 is 0 Å². The Morgan fingerprint density at radius 3 is 2.64 bits per heavy atom. The molecule has 1 saturated heterocycles. The van der Waals surface area contributed by atoms with E-state index in [-0.39, 0.29) is 24.5 Å². The Morgan fingerprint density at radius 1 is 1.14 bits per heavy atom. The van der Waals surface area contributed by atoms with Crippen molar-refractivity contribution in [3.63, 3.8) is 0 Å². The van der Waals surface area contributed by atoms with Crippen molar-refractivity contribution >= 4 is 34.5 Å². The minimum Gasteiger partial charge on any atom is -0.507 e. The van der Waals surface area contributed by atoms with E-state index in [9.17, 15) is 14.7 Å². The van der Waals surface area contributed by atoms with Gasteiger partial charge in [-0.25, -0.2) is 0 Å². The zero-order valence-corrected chi connectivity index (χ0v) is 20.8. The van der Waals surface area contributed by atoms with Crippen LogP contribution in [0, 0.1) is 0 Å². The topological polar surface area (TPSA) is 88.5 Å². The number of anilines is 1. The first-order valence-corrected chi connectivity index (χ1v) is 12.4. The third-order valence-electron chi connectivity index (χ3n) is 6.34. The summed E-state index contributed by atoms with van der Waals surface area (Å²) in [7, 11) is 3.53. The van der Waals surface area contributed by atoms with Crippen LogP contribution in [0.2, 0.25) is 0 Å². The lowest BCUT2D eigenvalue weighted by atomic mass is 9.99. The molecule has 9 heteroatoms. The first-order valence-electron chi connectivity index (χ1n) is 11.5. The number of Topliss-reactive ketones (excluding diaryl/α,β-unsaturated/α-hetero) is 1. The molecule has 1 N–H and O–H groups in total. The van der Waals surface area contributed by atoms with E-state index in [2.05, 4.69) is 0 Å². The van der Waals surface area contributed by atoms with Crippen molar-refractivity contribution < 1.29 is 28.9 Å². The number of amides is 1. The first kappa shape index (κ1) is 23.7. The van der Waals surface area contributed by atoms with Crippen molar-refractivity contribution in [2.24, 2.45) is 0 Å². The van der Waals surface area contributed by atoms with Crippen LogP contribution in [0.4, 0.5) is 5.69 Å². The highest BCUT2D eigenvalue weighted by Gasteiger charge is 2.46. The summed E-state index contributed by atoms with van der Waals surface area (Å²) in [5.41, 5.74) is 1.35. The lowest BCUT2D eigenvalue weighted by Gasteiger charge is -2.28. The van der Waals surface area contributed by atoms with Gasteiger partial charge in [-0.3, -0.25) is 9.59 Å². The molecule has 1 amide bonds. The van der Waals surface area contributed by atoms with Gasteiger partial charge in [-0.2, -0.15) is 0 Å². The van der Waals surface area contributed by atoms with Crippen LogP contribution in [0.3, 0.4) is 0 Å². The number of nitrogens with zero attached hydrogens (tertiary/aromatic N) is 2. The monoisotopic (exact) mass is 506 g/mol. The van der Waals surface area contributed by atoms with E-state index in [1.165, 1.54) is 16.2 Å². The van der Waals surface area contributed by atoms with E-state index in [0.29, 0.717) is 36.0 Å². The van der Waals surface area contributed by atoms with Crippen LogP contribution in [0.1, 0.15) is 16.5 Å². The second-order valence-corrected chi connectivity index (χ2v) is 9.46. The Morgan fingerprint density at radius 2 is 1.92 bits per heavy atom. The average molecular weight is 507 g/mol. The van der Waals surface area contributed by atoms with Crippen LogP contribution in [0.15, 0.2) is 65.6 Å². The molecule has 2 aliphatic rings. The molecule has 3 aromatic rings. The van der Waals surface area contributed by atoms with Crippen molar-refractivity contribution in [1.29, 1.82) is 0 Å². The molecule has 0 bridgehead atoms. The standard InChI is InChI=1S/C27H26N2O6S/c1-28-11-13-35-21-10-5-17(16-20(21)28)25(30)23-24(22-4-3-15-36-22)29(27(32)26(23)31)12-14-34-19-8-6-18(33-2)7-9-19/h3-10,15-16,24,30H,11-14H2,1-2H3/b25-23-. The zero-order valence-electron chi connectivity index (χ0n) is 20.0. The van der Waals surface area contributed by atoms with Gasteiger partial charge in [0.25, 0.3) is 11.7 Å². The molecule has 2 aliphatic heterocycles. The molecule has 0 spiro atoms. The lowest BCUT2D eigenvalue weighted by molar-refractivity contribution is -0.140. The number of benzene rings is 2. The number of likely N-dealkylation sites (N-methyl/N-ethyl adjacent to an activating group) is 1. The van der Waals surface area contributed by atoms with Gasteiger partial charge in [0.05, 0.1) is 37.5 Å². The summed E-state index contributed by atoms with van der Waals surface area (Å²) in [6.45, 7) is 1.65. The largest absolute Gasteiger partial charge is 0.507 e. The van der Waals surface area contributed by atoms with Gasteiger partial charge < -0.3 is 29.1 Å². The molecule has 36 heavy (non-hydrogen) atoms. The minimum absolute atomic E-state index is 0.0752. The lowest BCUT2D eigenvalue weighted by Crippen LogP contribution is -2.33. The summed E-state index contributed by atoms with van der Waals surface area (Å²) in [4.78, 5) is 30.6. The molecule has 5 rings (SSSR count). The summed E-state index contributed by atoms with van der Waals surface area (Å²) in [5, 5.41) is 13.2. The van der Waals surface area contributed by atoms with E-state index in [1.54, 1.807) is 49.6 Å². The zero-order chi connectivity index (χ0) is 25.2. The van der Waals surface area contributed by atoms with Crippen molar-refractivity contribution in [1.82, 2.24) is 4.90 Å². The maximum atomic E-state index is 13.2. The number of hydrogen-bond acceptors (Lipinski definition) is 8. The molecule has 1 unspecified atom stereocenters. The summed E-state index contributed by atoms with van der Waals surface area (Å²) >= 11 is 1.43. The molecule has 1 aromatic heterocycles. The van der Waals surface area contributed by atoms with E-state index in [1.807, 2.05) is 29.5 Å². The highest BCUT2D eigenvalue weighted by atomic mass is 32.1. The predicted octanol–water partition coefficient (Wildman–Crippen LogP) is 4.09. The fourth-order valence-corrected chi connectivity index (χ4v) is 5.29. The van der Waals surface area contributed by atoms with E-state index in [4.69, 9.17) is 14.2 Å². The van der Waals surface area contributed by atoms with Gasteiger partial charge in [0.2, 0.25) is 0 Å². The number of rotatable bonds is 7. The Bertz CT molecular complexity index is 1300. The number of carbonyl (C=O) groups excluding carboxylic acids is 2. The van der Waals surface area contributed by atoms with Crippen molar-refractivity contribution in [3.05, 3.63) is 76.0 Å². The molecule has 186 valence electrons. The van der Waals surface area contributed by atoms with Crippen LogP contribution >= 0.6 is 11.3 Å². The molecule has 0 radical (unpaired) electrons. The second-order valence-electron chi connectivity index (χ2n) is 8.48. The van der Waals surface area contributed by atoms with Crippen molar-refractivity contribution in [2.45, 2.75) is 6.04 Å². The van der Waals surface area contributed by atoms with Gasteiger partial charge in [0, 0.05) is 17.5 Å². The third kappa shape index (κ3) is 4.37. The quantitative estimate of drug-likeness (QED) is 0.293. The van der Waals surface area contributed by atoms with Crippen LogP contribution in [0.25, 0.3) is 5.76 Å². The Balaban J connectivity index is 1.45. The first-order chi connectivity index (χ1) is 17.5. The van der Waals surface area contributed by atoms with Crippen LogP contribution in [-0.4, -0.2) is 62.2 Å². The smallest absolute Gasteiger partial charge is 0.295 e. The van der Waals surface area contributed by atoms with Gasteiger partial charge in [-0.1, -0.05) is 6.07 Å². The number of thiophene rings is 1. The summed E-state index contributed by atoms with van der Waals surface area (Å²) in [5.74, 6) is 0.480. The van der Waals surface area contributed by atoms with E-state index >= 15 is 0 Å². The third-order valence-corrected chi connectivity index (χ3v) is 7.27. The molecule has 2 aromatic carbocycles. The molecule has 0 aliphatic carbocycles. The number of fused-ring (bicyclic) bond motifs is 1. The Kier molecular flexibility index (Phi) is 6.56. The highest BCUT2D eigenvalue weighted by Crippen LogP contribution is 2.42. The average Bonchev–Trinajstić information content (AvgIpc) is 3.51. The number of ketones is 1. The Hall–Kier alpha value is -3.98. The summed E-state index contributed by atoms with van der Waals surface area (Å²) in [6, 6.07) is 15.4. The molecule has 0 saturated carbocycles. The van der Waals surface area contributed by atoms with E-state index < -0.39 is 17.7 Å². The minimum atomic E-state index is -0.710. The molecule has 8 nitrogen and oxygen atoms in total. The van der Waals surface area contributed by atoms with E-state index in [0.717, 1.165) is 10.6 Å². The molecule has 1 fully saturated rings. The number of hydrogen-bond donors (Lipinski definition) is 1. The number of methoxy groups -OCH3 is 1. The van der Waals surface area contributed by atoms with Crippen molar-refractivity contribution in [3.8, 4) is 17.2 Å². The summed E-state index contributed by atoms with van der Waals surface area (Å²) in [6.07, 6.45) is 0. The number of aliphatic hydroxyl groups excluding tert-OH is 1. The van der Waals surface area contributed by atoms with Crippen molar-refractivity contribution in [2.75, 3.05) is 45.4 Å². The van der Waals surface area contributed by atoms with Gasteiger partial charge in [-0.15, -0.1) is 11.3 Å². The predicted molar refractivity (Wildman–Crippen MR) is 137 cm³/mol. The maximum absolute atomic E-state index is 13.2. The number of aliphatic hydroxyl groups is 1.